The van der Waals surface area contributed by atoms with Gasteiger partial charge in [-0.3, -0.25) is 4.68 Å². The molecule has 0 radical (unpaired) electrons. The standard InChI is InChI=1S/C31H34N4/c1-3-4-6-10-25(2)15-18-34-19-16-28(17-20-34)30-22-31(29-14-9-13-27(21-29)23-32)35(33-30)24-26-11-7-5-8-12-26/h3-14,21-22,28H,1,15-20,24H2,2H3/b6-4-,25-10+. The Morgan fingerprint density at radius 2 is 1.89 bits per heavy atom. The minimum Gasteiger partial charge on any atom is -0.303 e. The Bertz CT molecular complexity index is 1220. The second-order valence-corrected chi connectivity index (χ2v) is 9.29. The summed E-state index contributed by atoms with van der Waals surface area (Å²) in [5.74, 6) is 0.466. The fourth-order valence-corrected chi connectivity index (χ4v) is 4.66. The van der Waals surface area contributed by atoms with E-state index in [-0.39, 0.29) is 0 Å². The summed E-state index contributed by atoms with van der Waals surface area (Å²) in [5.41, 5.74) is 6.59. The van der Waals surface area contributed by atoms with Gasteiger partial charge in [0.2, 0.25) is 0 Å². The number of rotatable bonds is 9. The van der Waals surface area contributed by atoms with Gasteiger partial charge in [0.25, 0.3) is 0 Å². The van der Waals surface area contributed by atoms with Gasteiger partial charge in [-0.05, 0) is 63.0 Å². The van der Waals surface area contributed by atoms with Gasteiger partial charge in [0, 0.05) is 18.0 Å². The Kier molecular flexibility index (Phi) is 8.48. The Labute approximate surface area is 209 Å². The summed E-state index contributed by atoms with van der Waals surface area (Å²) < 4.78 is 2.11. The molecule has 1 fully saturated rings. The van der Waals surface area contributed by atoms with Crippen LogP contribution in [0.5, 0.6) is 0 Å². The molecule has 3 aromatic rings. The zero-order valence-electron chi connectivity index (χ0n) is 20.6. The van der Waals surface area contributed by atoms with Crippen molar-refractivity contribution < 1.29 is 0 Å². The van der Waals surface area contributed by atoms with Gasteiger partial charge in [-0.2, -0.15) is 10.4 Å². The maximum absolute atomic E-state index is 9.39. The molecule has 0 unspecified atom stereocenters. The van der Waals surface area contributed by atoms with Crippen molar-refractivity contribution in [1.29, 1.82) is 5.26 Å². The maximum Gasteiger partial charge on any atom is 0.0991 e. The van der Waals surface area contributed by atoms with Crippen molar-refractivity contribution in [2.45, 2.75) is 38.6 Å². The van der Waals surface area contributed by atoms with Crippen molar-refractivity contribution in [3.05, 3.63) is 114 Å². The third-order valence-electron chi connectivity index (χ3n) is 6.72. The molecule has 0 N–H and O–H groups in total. The van der Waals surface area contributed by atoms with Gasteiger partial charge >= 0.3 is 0 Å². The Morgan fingerprint density at radius 3 is 2.63 bits per heavy atom. The lowest BCUT2D eigenvalue weighted by atomic mass is 9.93. The lowest BCUT2D eigenvalue weighted by molar-refractivity contribution is 0.213. The molecule has 0 aliphatic carbocycles. The van der Waals surface area contributed by atoms with Crippen LogP contribution in [0.25, 0.3) is 11.3 Å². The third kappa shape index (κ3) is 6.68. The zero-order valence-corrected chi connectivity index (χ0v) is 20.6. The number of piperidine rings is 1. The Balaban J connectivity index is 1.47. The first-order chi connectivity index (χ1) is 17.2. The average molecular weight is 463 g/mol. The van der Waals surface area contributed by atoms with Gasteiger partial charge in [-0.15, -0.1) is 0 Å². The highest BCUT2D eigenvalue weighted by Gasteiger charge is 2.24. The van der Waals surface area contributed by atoms with Crippen molar-refractivity contribution in [3.63, 3.8) is 0 Å². The molecule has 4 rings (SSSR count). The van der Waals surface area contributed by atoms with E-state index < -0.39 is 0 Å². The van der Waals surface area contributed by atoms with E-state index in [4.69, 9.17) is 5.10 Å². The fraction of sp³-hybridized carbons (Fsp3) is 0.290. The summed E-state index contributed by atoms with van der Waals surface area (Å²) in [4.78, 5) is 2.57. The summed E-state index contributed by atoms with van der Waals surface area (Å²) in [6.45, 7) is 9.94. The second-order valence-electron chi connectivity index (χ2n) is 9.29. The molecule has 0 saturated carbocycles. The zero-order chi connectivity index (χ0) is 24.5. The first kappa shape index (κ1) is 24.4. The van der Waals surface area contributed by atoms with Gasteiger partial charge in [0.05, 0.1) is 29.6 Å². The number of allylic oxidation sites excluding steroid dienone is 4. The number of hydrogen-bond donors (Lipinski definition) is 0. The van der Waals surface area contributed by atoms with Crippen LogP contribution in [-0.2, 0) is 6.54 Å². The van der Waals surface area contributed by atoms with E-state index in [0.717, 1.165) is 56.7 Å². The fourth-order valence-electron chi connectivity index (χ4n) is 4.66. The first-order valence-corrected chi connectivity index (χ1v) is 12.5. The number of nitrogens with zero attached hydrogens (tertiary/aromatic N) is 4. The highest BCUT2D eigenvalue weighted by atomic mass is 15.3. The Morgan fingerprint density at radius 1 is 1.09 bits per heavy atom. The van der Waals surface area contributed by atoms with Gasteiger partial charge < -0.3 is 4.90 Å². The molecular formula is C31H34N4. The molecule has 1 aliphatic heterocycles. The molecule has 1 aromatic heterocycles. The van der Waals surface area contributed by atoms with Crippen molar-refractivity contribution in [2.75, 3.05) is 19.6 Å². The van der Waals surface area contributed by atoms with Crippen molar-refractivity contribution in [3.8, 4) is 17.3 Å². The molecule has 2 heterocycles. The first-order valence-electron chi connectivity index (χ1n) is 12.5. The van der Waals surface area contributed by atoms with Crippen LogP contribution in [0.2, 0.25) is 0 Å². The van der Waals surface area contributed by atoms with E-state index in [1.54, 1.807) is 6.08 Å². The van der Waals surface area contributed by atoms with Crippen LogP contribution in [0, 0.1) is 11.3 Å². The van der Waals surface area contributed by atoms with Crippen LogP contribution in [0.15, 0.2) is 97.1 Å². The maximum atomic E-state index is 9.39. The minimum atomic E-state index is 0.466. The number of benzene rings is 2. The lowest BCUT2D eigenvalue weighted by Crippen LogP contribution is -2.33. The average Bonchev–Trinajstić information content (AvgIpc) is 3.32. The number of aromatic nitrogens is 2. The molecule has 35 heavy (non-hydrogen) atoms. The van der Waals surface area contributed by atoms with Crippen molar-refractivity contribution >= 4 is 0 Å². The SMILES string of the molecule is C=C/C=C\C=C(/C)CCN1CCC(c2cc(-c3cccc(C#N)c3)n(Cc3ccccc3)n2)CC1. The predicted octanol–water partition coefficient (Wildman–Crippen LogP) is 6.73. The molecule has 178 valence electrons. The topological polar surface area (TPSA) is 44.9 Å². The van der Waals surface area contributed by atoms with E-state index in [1.165, 1.54) is 16.8 Å². The number of likely N-dealkylation sites (tertiary alicyclic amines) is 1. The van der Waals surface area contributed by atoms with Gasteiger partial charge in [0.15, 0.2) is 0 Å². The normalized spacial score (nSPS) is 15.4. The summed E-state index contributed by atoms with van der Waals surface area (Å²) in [7, 11) is 0. The summed E-state index contributed by atoms with van der Waals surface area (Å²) in [6.07, 6.45) is 11.4. The van der Waals surface area contributed by atoms with Crippen LogP contribution in [0.4, 0.5) is 0 Å². The molecular weight excluding hydrogens is 428 g/mol. The van der Waals surface area contributed by atoms with E-state index in [2.05, 4.69) is 77.7 Å². The highest BCUT2D eigenvalue weighted by molar-refractivity contribution is 5.62. The van der Waals surface area contributed by atoms with Crippen LogP contribution in [0.3, 0.4) is 0 Å². The molecule has 1 aliphatic rings. The molecule has 0 bridgehead atoms. The molecule has 1 saturated heterocycles. The minimum absolute atomic E-state index is 0.466. The number of nitriles is 1. The van der Waals surface area contributed by atoms with Crippen LogP contribution >= 0.6 is 0 Å². The van der Waals surface area contributed by atoms with E-state index in [0.29, 0.717) is 11.5 Å². The summed E-state index contributed by atoms with van der Waals surface area (Å²) >= 11 is 0. The monoisotopic (exact) mass is 462 g/mol. The summed E-state index contributed by atoms with van der Waals surface area (Å²) in [5, 5.41) is 14.5. The summed E-state index contributed by atoms with van der Waals surface area (Å²) in [6, 6.07) is 22.8. The van der Waals surface area contributed by atoms with Crippen molar-refractivity contribution in [1.82, 2.24) is 14.7 Å². The molecule has 4 nitrogen and oxygen atoms in total. The second kappa shape index (κ2) is 12.1. The number of hydrogen-bond acceptors (Lipinski definition) is 3. The molecule has 0 atom stereocenters. The van der Waals surface area contributed by atoms with Crippen LogP contribution in [0.1, 0.15) is 48.9 Å². The predicted molar refractivity (Wildman–Crippen MR) is 144 cm³/mol. The third-order valence-corrected chi connectivity index (χ3v) is 6.72. The smallest absolute Gasteiger partial charge is 0.0991 e. The molecule has 2 aromatic carbocycles. The lowest BCUT2D eigenvalue weighted by Gasteiger charge is -2.31. The van der Waals surface area contributed by atoms with Crippen LogP contribution < -0.4 is 0 Å². The van der Waals surface area contributed by atoms with Gasteiger partial charge in [-0.25, -0.2) is 0 Å². The molecule has 0 amide bonds. The van der Waals surface area contributed by atoms with Crippen molar-refractivity contribution in [2.24, 2.45) is 0 Å². The van der Waals surface area contributed by atoms with E-state index in [1.807, 2.05) is 30.3 Å². The highest BCUT2D eigenvalue weighted by Crippen LogP contribution is 2.31. The largest absolute Gasteiger partial charge is 0.303 e. The van der Waals surface area contributed by atoms with Gasteiger partial charge in [0.1, 0.15) is 0 Å². The Hall–Kier alpha value is -3.68. The molecule has 0 spiro atoms. The van der Waals surface area contributed by atoms with Crippen LogP contribution in [-0.4, -0.2) is 34.3 Å². The van der Waals surface area contributed by atoms with Gasteiger partial charge in [-0.1, -0.05) is 78.9 Å². The molecule has 4 heteroatoms. The quantitative estimate of drug-likeness (QED) is 0.331. The van der Waals surface area contributed by atoms with E-state index in [9.17, 15) is 5.26 Å². The van der Waals surface area contributed by atoms with E-state index >= 15 is 0 Å².